The normalized spacial score (nSPS) is 13.3. The third-order valence-corrected chi connectivity index (χ3v) is 6.78. The molecule has 1 aliphatic carbocycles. The largest absolute Gasteiger partial charge is 0.353 e. The molecule has 0 saturated heterocycles. The maximum atomic E-state index is 13.9. The first-order valence-corrected chi connectivity index (χ1v) is 11.5. The van der Waals surface area contributed by atoms with Crippen molar-refractivity contribution in [1.82, 2.24) is 15.0 Å². The minimum Gasteiger partial charge on any atom is -0.353 e. The zero-order valence-corrected chi connectivity index (χ0v) is 17.9. The Morgan fingerprint density at radius 3 is 2.94 bits per heavy atom. The summed E-state index contributed by atoms with van der Waals surface area (Å²) in [4.78, 5) is 26.2. The topological polar surface area (TPSA) is 70.7 Å². The van der Waals surface area contributed by atoms with Crippen molar-refractivity contribution in [3.8, 4) is 11.4 Å². The number of aromatic amines is 1. The average Bonchev–Trinajstić information content (AvgIpc) is 3.35. The molecule has 31 heavy (non-hydrogen) atoms. The van der Waals surface area contributed by atoms with Gasteiger partial charge in [-0.15, -0.1) is 11.3 Å². The highest BCUT2D eigenvalue weighted by Crippen LogP contribution is 2.32. The Bertz CT molecular complexity index is 1210. The molecular weight excluding hydrogens is 411 g/mol. The fraction of sp³-hybridized carbons (Fsp3) is 0.292. The van der Waals surface area contributed by atoms with E-state index in [0.717, 1.165) is 46.4 Å². The molecule has 158 valence electrons. The maximum Gasteiger partial charge on any atom is 0.226 e. The first-order valence-electron chi connectivity index (χ1n) is 10.7. The lowest BCUT2D eigenvalue weighted by molar-refractivity contribution is -0.116. The Balaban J connectivity index is 1.30. The third-order valence-electron chi connectivity index (χ3n) is 5.71. The summed E-state index contributed by atoms with van der Waals surface area (Å²) in [5, 5.41) is 4.51. The van der Waals surface area contributed by atoms with Crippen LogP contribution in [0.15, 0.2) is 42.6 Å². The second-order valence-electron chi connectivity index (χ2n) is 7.88. The van der Waals surface area contributed by atoms with Gasteiger partial charge in [0.2, 0.25) is 5.91 Å². The molecule has 0 atom stereocenters. The molecule has 7 heteroatoms. The van der Waals surface area contributed by atoms with Gasteiger partial charge in [-0.25, -0.2) is 9.37 Å². The Hall–Kier alpha value is -3.06. The van der Waals surface area contributed by atoms with Gasteiger partial charge in [0.25, 0.3) is 0 Å². The van der Waals surface area contributed by atoms with E-state index >= 15 is 0 Å². The number of thiazole rings is 1. The van der Waals surface area contributed by atoms with E-state index in [4.69, 9.17) is 0 Å². The number of halogens is 1. The van der Waals surface area contributed by atoms with Crippen LogP contribution < -0.4 is 5.32 Å². The van der Waals surface area contributed by atoms with E-state index in [-0.39, 0.29) is 11.7 Å². The van der Waals surface area contributed by atoms with Gasteiger partial charge in [0.1, 0.15) is 5.82 Å². The molecular formula is C24H23FN4OS. The fourth-order valence-electron chi connectivity index (χ4n) is 4.22. The number of hydrogen-bond acceptors (Lipinski definition) is 4. The second kappa shape index (κ2) is 8.59. The number of aromatic nitrogens is 3. The number of carbonyl (C=O) groups excluding carboxylic acids is 1. The van der Waals surface area contributed by atoms with Crippen molar-refractivity contribution in [2.24, 2.45) is 0 Å². The van der Waals surface area contributed by atoms with Crippen LogP contribution in [0.25, 0.3) is 22.3 Å². The summed E-state index contributed by atoms with van der Waals surface area (Å²) in [6, 6.07) is 10.5. The SMILES string of the molecule is O=C(CCCc1c(-c2ccccn2)[nH]c2ccc(F)cc12)Nc1nc2c(s1)CCCC2. The highest BCUT2D eigenvalue weighted by molar-refractivity contribution is 7.15. The molecule has 1 aromatic carbocycles. The molecule has 4 aromatic rings. The molecule has 0 unspecified atom stereocenters. The van der Waals surface area contributed by atoms with Gasteiger partial charge in [0.05, 0.1) is 17.1 Å². The van der Waals surface area contributed by atoms with E-state index in [9.17, 15) is 9.18 Å². The number of amides is 1. The highest BCUT2D eigenvalue weighted by Gasteiger charge is 2.18. The Labute approximate surface area is 183 Å². The Morgan fingerprint density at radius 1 is 1.19 bits per heavy atom. The molecule has 0 spiro atoms. The van der Waals surface area contributed by atoms with Gasteiger partial charge in [0.15, 0.2) is 5.13 Å². The summed E-state index contributed by atoms with van der Waals surface area (Å²) < 4.78 is 13.9. The molecule has 5 nitrogen and oxygen atoms in total. The molecule has 2 N–H and O–H groups in total. The molecule has 0 bridgehead atoms. The van der Waals surface area contributed by atoms with E-state index in [2.05, 4.69) is 20.3 Å². The summed E-state index contributed by atoms with van der Waals surface area (Å²) in [5.74, 6) is -0.303. The van der Waals surface area contributed by atoms with E-state index in [1.54, 1.807) is 29.7 Å². The standard InChI is InChI=1S/C24H23FN4OS/c25-15-11-12-18-17(14-15)16(23(27-18)20-8-3-4-13-26-20)6-5-10-22(30)29-24-28-19-7-1-2-9-21(19)31-24/h3-4,8,11-14,27H,1-2,5-7,9-10H2,(H,28,29,30). The maximum absolute atomic E-state index is 13.9. The lowest BCUT2D eigenvalue weighted by Gasteiger charge is -2.06. The van der Waals surface area contributed by atoms with Crippen molar-refractivity contribution in [1.29, 1.82) is 0 Å². The van der Waals surface area contributed by atoms with E-state index < -0.39 is 0 Å². The van der Waals surface area contributed by atoms with Crippen LogP contribution in [0.2, 0.25) is 0 Å². The molecule has 0 aliphatic heterocycles. The lowest BCUT2D eigenvalue weighted by Crippen LogP contribution is -2.11. The Kier molecular flexibility index (Phi) is 5.51. The minimum absolute atomic E-state index is 0.0310. The number of H-pyrrole nitrogens is 1. The van der Waals surface area contributed by atoms with Gasteiger partial charge in [-0.05, 0) is 74.4 Å². The number of carbonyl (C=O) groups is 1. The number of pyridine rings is 1. The number of anilines is 1. The van der Waals surface area contributed by atoms with Crippen LogP contribution in [-0.4, -0.2) is 20.9 Å². The van der Waals surface area contributed by atoms with Crippen LogP contribution in [0.3, 0.4) is 0 Å². The van der Waals surface area contributed by atoms with Crippen LogP contribution >= 0.6 is 11.3 Å². The van der Waals surface area contributed by atoms with Gasteiger partial charge in [-0.1, -0.05) is 6.07 Å². The number of nitrogens with zero attached hydrogens (tertiary/aromatic N) is 2. The van der Waals surface area contributed by atoms with Crippen molar-refractivity contribution in [2.45, 2.75) is 44.9 Å². The molecule has 1 aliphatic rings. The highest BCUT2D eigenvalue weighted by atomic mass is 32.1. The predicted molar refractivity (Wildman–Crippen MR) is 122 cm³/mol. The van der Waals surface area contributed by atoms with Crippen molar-refractivity contribution >= 4 is 33.3 Å². The summed E-state index contributed by atoms with van der Waals surface area (Å²) in [6.07, 6.45) is 7.88. The molecule has 1 amide bonds. The van der Waals surface area contributed by atoms with E-state index in [0.29, 0.717) is 24.4 Å². The number of nitrogens with one attached hydrogen (secondary N) is 2. The van der Waals surface area contributed by atoms with Gasteiger partial charge < -0.3 is 10.3 Å². The minimum atomic E-state index is -0.272. The van der Waals surface area contributed by atoms with Gasteiger partial charge in [-0.2, -0.15) is 0 Å². The van der Waals surface area contributed by atoms with Crippen molar-refractivity contribution in [3.05, 3.63) is 64.5 Å². The van der Waals surface area contributed by atoms with E-state index in [1.807, 2.05) is 18.2 Å². The summed E-state index contributed by atoms with van der Waals surface area (Å²) in [7, 11) is 0. The molecule has 0 fully saturated rings. The van der Waals surface area contributed by atoms with Crippen molar-refractivity contribution in [3.63, 3.8) is 0 Å². The van der Waals surface area contributed by atoms with Crippen LogP contribution in [0.4, 0.5) is 9.52 Å². The van der Waals surface area contributed by atoms with Gasteiger partial charge >= 0.3 is 0 Å². The van der Waals surface area contributed by atoms with Crippen LogP contribution in [0.5, 0.6) is 0 Å². The van der Waals surface area contributed by atoms with Gasteiger partial charge in [-0.3, -0.25) is 9.78 Å². The fourth-order valence-corrected chi connectivity index (χ4v) is 5.29. The van der Waals surface area contributed by atoms with Crippen LogP contribution in [-0.2, 0) is 24.1 Å². The number of rotatable bonds is 6. The number of fused-ring (bicyclic) bond motifs is 2. The average molecular weight is 435 g/mol. The first-order chi connectivity index (χ1) is 15.2. The third kappa shape index (κ3) is 4.23. The lowest BCUT2D eigenvalue weighted by atomic mass is 10.0. The zero-order chi connectivity index (χ0) is 21.2. The smallest absolute Gasteiger partial charge is 0.226 e. The summed E-state index contributed by atoms with van der Waals surface area (Å²) >= 11 is 1.60. The van der Waals surface area contributed by atoms with Crippen molar-refractivity contribution < 1.29 is 9.18 Å². The zero-order valence-electron chi connectivity index (χ0n) is 17.1. The second-order valence-corrected chi connectivity index (χ2v) is 8.96. The number of hydrogen-bond donors (Lipinski definition) is 2. The monoisotopic (exact) mass is 434 g/mol. The molecule has 0 saturated carbocycles. The summed E-state index contributed by atoms with van der Waals surface area (Å²) in [6.45, 7) is 0. The number of aryl methyl sites for hydroxylation is 3. The van der Waals surface area contributed by atoms with Crippen molar-refractivity contribution in [2.75, 3.05) is 5.32 Å². The molecule has 3 aromatic heterocycles. The number of benzene rings is 1. The molecule has 3 heterocycles. The quantitative estimate of drug-likeness (QED) is 0.411. The van der Waals surface area contributed by atoms with Gasteiger partial charge in [0, 0.05) is 28.4 Å². The summed E-state index contributed by atoms with van der Waals surface area (Å²) in [5.41, 5.74) is 4.70. The van der Waals surface area contributed by atoms with Crippen LogP contribution in [0.1, 0.15) is 41.8 Å². The van der Waals surface area contributed by atoms with Crippen LogP contribution in [0, 0.1) is 5.82 Å². The predicted octanol–water partition coefficient (Wildman–Crippen LogP) is 5.67. The Morgan fingerprint density at radius 2 is 2.10 bits per heavy atom. The first kappa shape index (κ1) is 19.9. The van der Waals surface area contributed by atoms with E-state index in [1.165, 1.54) is 23.8 Å². The molecule has 5 rings (SSSR count). The molecule has 0 radical (unpaired) electrons.